The maximum Gasteiger partial charge on any atom is 0.471 e. The van der Waals surface area contributed by atoms with Crippen LogP contribution in [0, 0.1) is 0 Å². The molecule has 0 saturated carbocycles. The molecule has 0 radical (unpaired) electrons. The van der Waals surface area contributed by atoms with Crippen LogP contribution in [0.15, 0.2) is 40.4 Å². The fourth-order valence-corrected chi connectivity index (χ4v) is 3.24. The van der Waals surface area contributed by atoms with Crippen LogP contribution in [-0.2, 0) is 18.4 Å². The van der Waals surface area contributed by atoms with E-state index in [0.29, 0.717) is 10.5 Å². The summed E-state index contributed by atoms with van der Waals surface area (Å²) in [5.41, 5.74) is 0.859. The highest BCUT2D eigenvalue weighted by molar-refractivity contribution is 7.99. The molecule has 1 aromatic carbocycles. The number of carbonyl (C=O) groups excluding carboxylic acids is 1. The Labute approximate surface area is 122 Å². The number of rotatable bonds is 0. The number of carbonyl (C=O) groups is 1. The summed E-state index contributed by atoms with van der Waals surface area (Å²) in [6, 6.07) is 6.55. The van der Waals surface area contributed by atoms with Crippen molar-refractivity contribution in [2.75, 3.05) is 4.90 Å². The van der Waals surface area contributed by atoms with E-state index in [4.69, 9.17) is 0 Å². The number of hydrogen-bond donors (Lipinski definition) is 0. The zero-order valence-corrected chi connectivity index (χ0v) is 11.7. The zero-order chi connectivity index (χ0) is 15.2. The van der Waals surface area contributed by atoms with Gasteiger partial charge in [-0.3, -0.25) is 14.4 Å². The predicted molar refractivity (Wildman–Crippen MR) is 71.0 cm³/mol. The second-order valence-electron chi connectivity index (χ2n) is 4.56. The van der Waals surface area contributed by atoms with Crippen molar-refractivity contribution >= 4 is 23.4 Å². The summed E-state index contributed by atoms with van der Waals surface area (Å²) >= 11 is 1.31. The third kappa shape index (κ3) is 2.39. The fraction of sp³-hybridized carbons (Fsp3) is 0.231. The van der Waals surface area contributed by atoms with Gasteiger partial charge in [0, 0.05) is 17.5 Å². The highest BCUT2D eigenvalue weighted by Gasteiger charge is 2.44. The van der Waals surface area contributed by atoms with Crippen LogP contribution >= 0.6 is 11.8 Å². The monoisotopic (exact) mass is 313 g/mol. The molecule has 4 nitrogen and oxygen atoms in total. The van der Waals surface area contributed by atoms with E-state index >= 15 is 0 Å². The Hall–Kier alpha value is -1.96. The Bertz CT molecular complexity index is 711. The quantitative estimate of drug-likeness (QED) is 0.750. The molecule has 0 spiro atoms. The number of alkyl halides is 3. The SMILES string of the molecule is Cn1ncc2c1Sc1ccccc1N(C(=O)C(F)(F)F)C2. The molecule has 1 aromatic heterocycles. The Balaban J connectivity index is 2.14. The Kier molecular flexibility index (Phi) is 3.20. The van der Waals surface area contributed by atoms with Gasteiger partial charge < -0.3 is 0 Å². The van der Waals surface area contributed by atoms with Crippen molar-refractivity contribution in [1.29, 1.82) is 0 Å². The van der Waals surface area contributed by atoms with Gasteiger partial charge >= 0.3 is 12.1 Å². The van der Waals surface area contributed by atoms with Crippen LogP contribution in [0.2, 0.25) is 0 Å². The number of anilines is 1. The van der Waals surface area contributed by atoms with E-state index in [1.54, 1.807) is 29.9 Å². The molecule has 0 unspecified atom stereocenters. The predicted octanol–water partition coefficient (Wildman–Crippen LogP) is 2.98. The summed E-state index contributed by atoms with van der Waals surface area (Å²) < 4.78 is 40.1. The molecule has 21 heavy (non-hydrogen) atoms. The van der Waals surface area contributed by atoms with Gasteiger partial charge in [-0.1, -0.05) is 23.9 Å². The number of halogens is 3. The summed E-state index contributed by atoms with van der Waals surface area (Å²) in [5, 5.41) is 4.78. The van der Waals surface area contributed by atoms with Crippen LogP contribution in [0.1, 0.15) is 5.56 Å². The lowest BCUT2D eigenvalue weighted by Crippen LogP contribution is -2.40. The third-order valence-electron chi connectivity index (χ3n) is 3.13. The average molecular weight is 313 g/mol. The number of hydrogen-bond acceptors (Lipinski definition) is 3. The van der Waals surface area contributed by atoms with Crippen molar-refractivity contribution in [2.24, 2.45) is 7.05 Å². The molecule has 1 aliphatic heterocycles. The van der Waals surface area contributed by atoms with Crippen molar-refractivity contribution in [2.45, 2.75) is 22.6 Å². The zero-order valence-electron chi connectivity index (χ0n) is 10.9. The first-order valence-corrected chi connectivity index (χ1v) is 6.86. The minimum Gasteiger partial charge on any atom is -0.299 e. The van der Waals surface area contributed by atoms with Crippen molar-refractivity contribution in [1.82, 2.24) is 9.78 Å². The summed E-state index contributed by atoms with van der Waals surface area (Å²) in [5.74, 6) is -1.87. The molecule has 1 aliphatic rings. The molecule has 8 heteroatoms. The van der Waals surface area contributed by atoms with Gasteiger partial charge in [0.15, 0.2) is 0 Å². The van der Waals surface area contributed by atoms with Crippen molar-refractivity contribution < 1.29 is 18.0 Å². The van der Waals surface area contributed by atoms with E-state index in [2.05, 4.69) is 5.10 Å². The van der Waals surface area contributed by atoms with E-state index in [1.165, 1.54) is 24.0 Å². The standard InChI is InChI=1S/C13H10F3N3OS/c1-18-11-8(6-17-18)7-19(12(20)13(14,15)16)9-4-2-3-5-10(9)21-11/h2-6H,7H2,1H3. The van der Waals surface area contributed by atoms with E-state index in [0.717, 1.165) is 9.93 Å². The lowest BCUT2D eigenvalue weighted by atomic mass is 10.2. The third-order valence-corrected chi connectivity index (χ3v) is 4.42. The second-order valence-corrected chi connectivity index (χ2v) is 5.59. The number of benzene rings is 1. The van der Waals surface area contributed by atoms with Gasteiger partial charge in [0.2, 0.25) is 0 Å². The van der Waals surface area contributed by atoms with Crippen molar-refractivity contribution in [3.63, 3.8) is 0 Å². The summed E-state index contributed by atoms with van der Waals surface area (Å²) in [6.45, 7) is -0.147. The highest BCUT2D eigenvalue weighted by Crippen LogP contribution is 2.42. The molecule has 3 rings (SSSR count). The van der Waals surface area contributed by atoms with Crippen molar-refractivity contribution in [3.8, 4) is 0 Å². The molecular formula is C13H10F3N3OS. The molecule has 2 aromatic rings. The first-order chi connectivity index (χ1) is 9.88. The number of aryl methyl sites for hydroxylation is 1. The average Bonchev–Trinajstić information content (AvgIpc) is 2.69. The Morgan fingerprint density at radius 3 is 2.76 bits per heavy atom. The fourth-order valence-electron chi connectivity index (χ4n) is 2.17. The second kappa shape index (κ2) is 4.80. The number of fused-ring (bicyclic) bond motifs is 2. The minimum atomic E-state index is -4.91. The smallest absolute Gasteiger partial charge is 0.299 e. The molecular weight excluding hydrogens is 303 g/mol. The Morgan fingerprint density at radius 2 is 2.05 bits per heavy atom. The first kappa shape index (κ1) is 14.0. The Morgan fingerprint density at radius 1 is 1.33 bits per heavy atom. The van der Waals surface area contributed by atoms with Crippen LogP contribution in [0.5, 0.6) is 0 Å². The van der Waals surface area contributed by atoms with Crippen LogP contribution in [-0.4, -0.2) is 21.9 Å². The van der Waals surface area contributed by atoms with Crippen LogP contribution in [0.4, 0.5) is 18.9 Å². The number of amides is 1. The normalized spacial score (nSPS) is 14.4. The topological polar surface area (TPSA) is 38.1 Å². The number of para-hydroxylation sites is 1. The molecule has 2 heterocycles. The van der Waals surface area contributed by atoms with Gasteiger partial charge in [0.1, 0.15) is 5.03 Å². The first-order valence-electron chi connectivity index (χ1n) is 6.04. The summed E-state index contributed by atoms with van der Waals surface area (Å²) in [7, 11) is 1.72. The van der Waals surface area contributed by atoms with E-state index in [9.17, 15) is 18.0 Å². The van der Waals surface area contributed by atoms with Gasteiger partial charge in [-0.25, -0.2) is 0 Å². The van der Waals surface area contributed by atoms with Crippen LogP contribution in [0.25, 0.3) is 0 Å². The molecule has 110 valence electrons. The van der Waals surface area contributed by atoms with Gasteiger partial charge in [0.05, 0.1) is 18.4 Å². The molecule has 0 aliphatic carbocycles. The lowest BCUT2D eigenvalue weighted by Gasteiger charge is -2.23. The molecule has 0 fully saturated rings. The lowest BCUT2D eigenvalue weighted by molar-refractivity contribution is -0.170. The van der Waals surface area contributed by atoms with E-state index in [-0.39, 0.29) is 12.2 Å². The van der Waals surface area contributed by atoms with Crippen LogP contribution in [0.3, 0.4) is 0 Å². The molecule has 0 bridgehead atoms. The van der Waals surface area contributed by atoms with Gasteiger partial charge in [-0.05, 0) is 12.1 Å². The molecule has 0 N–H and O–H groups in total. The molecule has 0 atom stereocenters. The van der Waals surface area contributed by atoms with Gasteiger partial charge in [0.25, 0.3) is 0 Å². The largest absolute Gasteiger partial charge is 0.471 e. The van der Waals surface area contributed by atoms with E-state index < -0.39 is 12.1 Å². The highest BCUT2D eigenvalue weighted by atomic mass is 32.2. The maximum atomic E-state index is 12.8. The number of nitrogens with zero attached hydrogens (tertiary/aromatic N) is 3. The van der Waals surface area contributed by atoms with Gasteiger partial charge in [-0.2, -0.15) is 18.3 Å². The summed E-state index contributed by atoms with van der Waals surface area (Å²) in [4.78, 5) is 13.1. The molecule has 0 saturated heterocycles. The van der Waals surface area contributed by atoms with E-state index in [1.807, 2.05) is 0 Å². The molecule has 1 amide bonds. The summed E-state index contributed by atoms with van der Waals surface area (Å²) in [6.07, 6.45) is -3.42. The van der Waals surface area contributed by atoms with Crippen molar-refractivity contribution in [3.05, 3.63) is 36.0 Å². The van der Waals surface area contributed by atoms with Crippen LogP contribution < -0.4 is 4.90 Å². The maximum absolute atomic E-state index is 12.8. The minimum absolute atomic E-state index is 0.147. The van der Waals surface area contributed by atoms with Gasteiger partial charge in [-0.15, -0.1) is 0 Å². The number of aromatic nitrogens is 2.